The van der Waals surface area contributed by atoms with E-state index in [0.29, 0.717) is 6.42 Å². The van der Waals surface area contributed by atoms with E-state index in [1.165, 1.54) is 10.4 Å². The Morgan fingerprint density at radius 3 is 2.94 bits per heavy atom. The Bertz CT molecular complexity index is 468. The quantitative estimate of drug-likeness (QED) is 0.902. The first kappa shape index (κ1) is 10.8. The molecular weight excluding hydrogens is 232 g/mol. The highest BCUT2D eigenvalue weighted by Gasteiger charge is 2.28. The maximum absolute atomic E-state index is 10.2. The molecule has 0 fully saturated rings. The Kier molecular flexibility index (Phi) is 2.87. The maximum Gasteiger partial charge on any atom is 0.129 e. The molecule has 0 spiro atoms. The number of fused-ring (bicyclic) bond motifs is 1. The van der Waals surface area contributed by atoms with E-state index in [2.05, 4.69) is 12.1 Å². The molecule has 88 valence electrons. The summed E-state index contributed by atoms with van der Waals surface area (Å²) in [6.07, 6.45) is 0.953. The lowest BCUT2D eigenvalue weighted by molar-refractivity contribution is 0.0508. The molecule has 1 aliphatic rings. The first-order valence-corrected chi connectivity index (χ1v) is 6.66. The summed E-state index contributed by atoms with van der Waals surface area (Å²) in [7, 11) is 0. The Morgan fingerprint density at radius 2 is 2.18 bits per heavy atom. The van der Waals surface area contributed by atoms with Crippen molar-refractivity contribution in [2.75, 3.05) is 0 Å². The van der Waals surface area contributed by atoms with Crippen LogP contribution in [0.4, 0.5) is 0 Å². The standard InChI is InChI=1S/C14H14O2S/c15-12(9-11-5-3-7-17-11)14-8-10-4-1-2-6-13(10)16-14/h1-7,12,14-15H,8-9H2. The van der Waals surface area contributed by atoms with Gasteiger partial charge < -0.3 is 9.84 Å². The van der Waals surface area contributed by atoms with Gasteiger partial charge >= 0.3 is 0 Å². The van der Waals surface area contributed by atoms with Gasteiger partial charge in [-0.15, -0.1) is 11.3 Å². The molecule has 1 aromatic heterocycles. The van der Waals surface area contributed by atoms with Gasteiger partial charge in [0.2, 0.25) is 0 Å². The number of thiophene rings is 1. The summed E-state index contributed by atoms with van der Waals surface area (Å²) in [5.41, 5.74) is 1.20. The molecular formula is C14H14O2S. The molecule has 0 aliphatic carbocycles. The second-order valence-corrected chi connectivity index (χ2v) is 5.35. The Labute approximate surface area is 104 Å². The van der Waals surface area contributed by atoms with E-state index in [-0.39, 0.29) is 6.10 Å². The first-order chi connectivity index (χ1) is 8.33. The van der Waals surface area contributed by atoms with Crippen LogP contribution >= 0.6 is 11.3 Å². The number of hydrogen-bond acceptors (Lipinski definition) is 3. The number of rotatable bonds is 3. The summed E-state index contributed by atoms with van der Waals surface area (Å²) in [5.74, 6) is 0.919. The molecule has 0 saturated carbocycles. The lowest BCUT2D eigenvalue weighted by Gasteiger charge is -2.17. The van der Waals surface area contributed by atoms with Gasteiger partial charge in [0, 0.05) is 17.7 Å². The van der Waals surface area contributed by atoms with Crippen molar-refractivity contribution in [1.29, 1.82) is 0 Å². The summed E-state index contributed by atoms with van der Waals surface area (Å²) < 4.78 is 5.77. The summed E-state index contributed by atoms with van der Waals surface area (Å²) in [6.45, 7) is 0. The molecule has 1 N–H and O–H groups in total. The van der Waals surface area contributed by atoms with Crippen molar-refractivity contribution in [2.24, 2.45) is 0 Å². The lowest BCUT2D eigenvalue weighted by Crippen LogP contribution is -2.31. The Morgan fingerprint density at radius 1 is 1.29 bits per heavy atom. The van der Waals surface area contributed by atoms with Crippen LogP contribution in [0.2, 0.25) is 0 Å². The van der Waals surface area contributed by atoms with Crippen LogP contribution in [0.15, 0.2) is 41.8 Å². The molecule has 1 aromatic carbocycles. The smallest absolute Gasteiger partial charge is 0.129 e. The van der Waals surface area contributed by atoms with Crippen LogP contribution in [0.1, 0.15) is 10.4 Å². The zero-order valence-corrected chi connectivity index (χ0v) is 10.2. The van der Waals surface area contributed by atoms with Crippen molar-refractivity contribution in [3.05, 3.63) is 52.2 Å². The second kappa shape index (κ2) is 4.51. The van der Waals surface area contributed by atoms with Crippen molar-refractivity contribution < 1.29 is 9.84 Å². The van der Waals surface area contributed by atoms with Crippen molar-refractivity contribution in [1.82, 2.24) is 0 Å². The first-order valence-electron chi connectivity index (χ1n) is 5.78. The summed E-state index contributed by atoms with van der Waals surface area (Å²) in [6, 6.07) is 12.1. The Balaban J connectivity index is 1.68. The number of hydrogen-bond donors (Lipinski definition) is 1. The van der Waals surface area contributed by atoms with Crippen LogP contribution in [-0.2, 0) is 12.8 Å². The van der Waals surface area contributed by atoms with Crippen molar-refractivity contribution >= 4 is 11.3 Å². The maximum atomic E-state index is 10.2. The molecule has 17 heavy (non-hydrogen) atoms. The summed E-state index contributed by atoms with van der Waals surface area (Å²) >= 11 is 1.68. The van der Waals surface area contributed by atoms with Crippen LogP contribution in [0.3, 0.4) is 0 Å². The predicted octanol–water partition coefficient (Wildman–Crippen LogP) is 2.66. The van der Waals surface area contributed by atoms with Gasteiger partial charge in [0.15, 0.2) is 0 Å². The van der Waals surface area contributed by atoms with Crippen LogP contribution in [0, 0.1) is 0 Å². The van der Waals surface area contributed by atoms with Crippen LogP contribution in [0.25, 0.3) is 0 Å². The third-order valence-electron chi connectivity index (χ3n) is 3.09. The fourth-order valence-electron chi connectivity index (χ4n) is 2.19. The molecule has 2 heterocycles. The summed E-state index contributed by atoms with van der Waals surface area (Å²) in [5, 5.41) is 12.2. The van der Waals surface area contributed by atoms with Gasteiger partial charge in [-0.1, -0.05) is 24.3 Å². The normalized spacial score (nSPS) is 19.7. The Hall–Kier alpha value is -1.32. The minimum Gasteiger partial charge on any atom is -0.487 e. The molecule has 0 saturated heterocycles. The van der Waals surface area contributed by atoms with Gasteiger partial charge in [-0.2, -0.15) is 0 Å². The number of aliphatic hydroxyl groups excluding tert-OH is 1. The molecule has 0 bridgehead atoms. The van der Waals surface area contributed by atoms with Crippen molar-refractivity contribution in [3.8, 4) is 5.75 Å². The number of benzene rings is 1. The minimum absolute atomic E-state index is 0.102. The van der Waals surface area contributed by atoms with Gasteiger partial charge in [0.25, 0.3) is 0 Å². The molecule has 2 atom stereocenters. The molecule has 2 nitrogen and oxygen atoms in total. The monoisotopic (exact) mass is 246 g/mol. The van der Waals surface area contributed by atoms with E-state index >= 15 is 0 Å². The van der Waals surface area contributed by atoms with E-state index < -0.39 is 6.10 Å². The molecule has 3 rings (SSSR count). The fraction of sp³-hybridized carbons (Fsp3) is 0.286. The average Bonchev–Trinajstić information content (AvgIpc) is 2.96. The lowest BCUT2D eigenvalue weighted by atomic mass is 10.0. The van der Waals surface area contributed by atoms with Gasteiger partial charge in [0.05, 0.1) is 6.10 Å². The number of aliphatic hydroxyl groups is 1. The van der Waals surface area contributed by atoms with E-state index in [0.717, 1.165) is 12.2 Å². The van der Waals surface area contributed by atoms with E-state index in [4.69, 9.17) is 4.74 Å². The molecule has 1 aliphatic heterocycles. The molecule has 2 unspecified atom stereocenters. The third kappa shape index (κ3) is 2.21. The predicted molar refractivity (Wildman–Crippen MR) is 68.6 cm³/mol. The largest absolute Gasteiger partial charge is 0.487 e. The molecule has 0 amide bonds. The molecule has 0 radical (unpaired) electrons. The highest BCUT2D eigenvalue weighted by atomic mass is 32.1. The highest BCUT2D eigenvalue weighted by molar-refractivity contribution is 7.09. The van der Waals surface area contributed by atoms with Gasteiger partial charge in [-0.05, 0) is 23.1 Å². The zero-order chi connectivity index (χ0) is 11.7. The van der Waals surface area contributed by atoms with Gasteiger partial charge in [-0.3, -0.25) is 0 Å². The van der Waals surface area contributed by atoms with Crippen LogP contribution in [-0.4, -0.2) is 17.3 Å². The fourth-order valence-corrected chi connectivity index (χ4v) is 2.95. The van der Waals surface area contributed by atoms with Crippen molar-refractivity contribution in [3.63, 3.8) is 0 Å². The van der Waals surface area contributed by atoms with Gasteiger partial charge in [0.1, 0.15) is 11.9 Å². The number of para-hydroxylation sites is 1. The topological polar surface area (TPSA) is 29.5 Å². The van der Waals surface area contributed by atoms with Crippen LogP contribution in [0.5, 0.6) is 5.75 Å². The SMILES string of the molecule is OC(Cc1cccs1)C1Cc2ccccc2O1. The van der Waals surface area contributed by atoms with Crippen LogP contribution < -0.4 is 4.74 Å². The molecule has 3 heteroatoms. The minimum atomic E-state index is -0.430. The van der Waals surface area contributed by atoms with Crippen molar-refractivity contribution in [2.45, 2.75) is 25.0 Å². The second-order valence-electron chi connectivity index (χ2n) is 4.32. The highest BCUT2D eigenvalue weighted by Crippen LogP contribution is 2.30. The molecule has 2 aromatic rings. The third-order valence-corrected chi connectivity index (χ3v) is 3.99. The average molecular weight is 246 g/mol. The zero-order valence-electron chi connectivity index (χ0n) is 9.37. The summed E-state index contributed by atoms with van der Waals surface area (Å²) in [4.78, 5) is 1.21. The van der Waals surface area contributed by atoms with E-state index in [1.54, 1.807) is 11.3 Å². The van der Waals surface area contributed by atoms with E-state index in [1.807, 2.05) is 29.6 Å². The number of ether oxygens (including phenoxy) is 1. The van der Waals surface area contributed by atoms with E-state index in [9.17, 15) is 5.11 Å². The van der Waals surface area contributed by atoms with Gasteiger partial charge in [-0.25, -0.2) is 0 Å².